The van der Waals surface area contributed by atoms with Crippen LogP contribution >= 0.6 is 0 Å². The van der Waals surface area contributed by atoms with Crippen molar-refractivity contribution in [3.8, 4) is 0 Å². The molecule has 2 rings (SSSR count). The quantitative estimate of drug-likeness (QED) is 0.880. The van der Waals surface area contributed by atoms with Gasteiger partial charge in [0.2, 0.25) is 0 Å². The minimum absolute atomic E-state index is 0.649. The van der Waals surface area contributed by atoms with E-state index in [2.05, 4.69) is 16.0 Å². The lowest BCUT2D eigenvalue weighted by atomic mass is 10.1. The average Bonchev–Trinajstić information content (AvgIpc) is 2.71. The number of fused-ring (bicyclic) bond motifs is 1. The van der Waals surface area contributed by atoms with Gasteiger partial charge in [0, 0.05) is 13.1 Å². The van der Waals surface area contributed by atoms with Crippen LogP contribution in [0.5, 0.6) is 0 Å². The molecular weight excluding hydrogens is 228 g/mol. The molecule has 0 radical (unpaired) electrons. The van der Waals surface area contributed by atoms with Gasteiger partial charge in [0.15, 0.2) is 12.0 Å². The smallest absolute Gasteiger partial charge is 0.181 e. The normalized spacial score (nSPS) is 12.5. The third-order valence-corrected chi connectivity index (χ3v) is 2.83. The molecule has 1 aromatic heterocycles. The zero-order valence-corrected chi connectivity index (χ0v) is 11.2. The van der Waals surface area contributed by atoms with E-state index in [1.165, 1.54) is 12.0 Å². The molecule has 0 amide bonds. The minimum Gasteiger partial charge on any atom is -0.443 e. The van der Waals surface area contributed by atoms with E-state index in [4.69, 9.17) is 4.42 Å². The van der Waals surface area contributed by atoms with Crippen molar-refractivity contribution in [1.82, 2.24) is 9.88 Å². The summed E-state index contributed by atoms with van der Waals surface area (Å²) in [6.45, 7) is 5.22. The van der Waals surface area contributed by atoms with Crippen LogP contribution in [0.4, 0.5) is 0 Å². The predicted molar refractivity (Wildman–Crippen MR) is 71.5 cm³/mol. The summed E-state index contributed by atoms with van der Waals surface area (Å²) in [7, 11) is 2.02. The van der Waals surface area contributed by atoms with Gasteiger partial charge in [-0.2, -0.15) is 0 Å². The van der Waals surface area contributed by atoms with Crippen molar-refractivity contribution in [2.45, 2.75) is 25.9 Å². The van der Waals surface area contributed by atoms with Crippen LogP contribution in [0, 0.1) is 0 Å². The SMILES string of the molecule is CN(CCc1ccc2ncoc2c1)CC(C)(C)O. The highest BCUT2D eigenvalue weighted by atomic mass is 16.3. The van der Waals surface area contributed by atoms with Gasteiger partial charge in [-0.15, -0.1) is 0 Å². The third-order valence-electron chi connectivity index (χ3n) is 2.83. The van der Waals surface area contributed by atoms with Crippen LogP contribution < -0.4 is 0 Å². The monoisotopic (exact) mass is 248 g/mol. The summed E-state index contributed by atoms with van der Waals surface area (Å²) >= 11 is 0. The molecule has 0 aliphatic carbocycles. The molecular formula is C14H20N2O2. The molecule has 0 atom stereocenters. The Bertz CT molecular complexity index is 514. The molecule has 98 valence electrons. The van der Waals surface area contributed by atoms with Crippen LogP contribution in [0.15, 0.2) is 29.0 Å². The molecule has 1 heterocycles. The Hall–Kier alpha value is -1.39. The Morgan fingerprint density at radius 2 is 2.17 bits per heavy atom. The number of hydrogen-bond acceptors (Lipinski definition) is 4. The fourth-order valence-corrected chi connectivity index (χ4v) is 2.11. The van der Waals surface area contributed by atoms with Crippen molar-refractivity contribution in [3.05, 3.63) is 30.2 Å². The second kappa shape index (κ2) is 5.08. The maximum absolute atomic E-state index is 9.73. The maximum atomic E-state index is 9.73. The molecule has 0 fully saturated rings. The molecule has 0 aliphatic rings. The maximum Gasteiger partial charge on any atom is 0.181 e. The molecule has 1 aromatic carbocycles. The Kier molecular flexibility index (Phi) is 3.68. The predicted octanol–water partition coefficient (Wildman–Crippen LogP) is 2.07. The van der Waals surface area contributed by atoms with Gasteiger partial charge in [-0.05, 0) is 45.0 Å². The summed E-state index contributed by atoms with van der Waals surface area (Å²) in [5.41, 5.74) is 2.30. The summed E-state index contributed by atoms with van der Waals surface area (Å²) in [5.74, 6) is 0. The molecule has 0 bridgehead atoms. The highest BCUT2D eigenvalue weighted by Gasteiger charge is 2.15. The van der Waals surface area contributed by atoms with Gasteiger partial charge < -0.3 is 14.4 Å². The number of nitrogens with zero attached hydrogens (tertiary/aromatic N) is 2. The molecule has 0 aliphatic heterocycles. The first kappa shape index (κ1) is 13.1. The van der Waals surface area contributed by atoms with Gasteiger partial charge in [-0.1, -0.05) is 6.07 Å². The molecule has 1 N–H and O–H groups in total. The number of benzene rings is 1. The molecule has 4 nitrogen and oxygen atoms in total. The lowest BCUT2D eigenvalue weighted by Crippen LogP contribution is -2.37. The van der Waals surface area contributed by atoms with Crippen LogP contribution in [0.3, 0.4) is 0 Å². The lowest BCUT2D eigenvalue weighted by Gasteiger charge is -2.25. The standard InChI is InChI=1S/C14H20N2O2/c1-14(2,17)9-16(3)7-6-11-4-5-12-13(8-11)18-10-15-12/h4-5,8,10,17H,6-7,9H2,1-3H3. The van der Waals surface area contributed by atoms with E-state index in [9.17, 15) is 5.11 Å². The summed E-state index contributed by atoms with van der Waals surface area (Å²) in [4.78, 5) is 6.22. The van der Waals surface area contributed by atoms with Crippen molar-refractivity contribution in [1.29, 1.82) is 0 Å². The Morgan fingerprint density at radius 3 is 2.89 bits per heavy atom. The van der Waals surface area contributed by atoms with Crippen molar-refractivity contribution in [2.24, 2.45) is 0 Å². The van der Waals surface area contributed by atoms with Crippen LogP contribution in [-0.2, 0) is 6.42 Å². The number of oxazole rings is 1. The molecule has 18 heavy (non-hydrogen) atoms. The highest BCUT2D eigenvalue weighted by Crippen LogP contribution is 2.15. The van der Waals surface area contributed by atoms with Gasteiger partial charge >= 0.3 is 0 Å². The number of aliphatic hydroxyl groups is 1. The third kappa shape index (κ3) is 3.55. The van der Waals surface area contributed by atoms with Gasteiger partial charge in [-0.3, -0.25) is 0 Å². The zero-order valence-electron chi connectivity index (χ0n) is 11.2. The fraction of sp³-hybridized carbons (Fsp3) is 0.500. The second-order valence-electron chi connectivity index (χ2n) is 5.45. The molecule has 0 saturated carbocycles. The van der Waals surface area contributed by atoms with Gasteiger partial charge in [0.05, 0.1) is 5.60 Å². The van der Waals surface area contributed by atoms with Crippen molar-refractivity contribution >= 4 is 11.1 Å². The number of aromatic nitrogens is 1. The number of likely N-dealkylation sites (N-methyl/N-ethyl adjacent to an activating group) is 1. The van der Waals surface area contributed by atoms with Gasteiger partial charge in [-0.25, -0.2) is 4.98 Å². The molecule has 2 aromatic rings. The van der Waals surface area contributed by atoms with Crippen LogP contribution in [0.2, 0.25) is 0 Å². The Balaban J connectivity index is 1.93. The van der Waals surface area contributed by atoms with Crippen LogP contribution in [0.1, 0.15) is 19.4 Å². The van der Waals surface area contributed by atoms with Crippen molar-refractivity contribution < 1.29 is 9.52 Å². The van der Waals surface area contributed by atoms with E-state index in [1.54, 1.807) is 0 Å². The van der Waals surface area contributed by atoms with E-state index in [1.807, 2.05) is 33.0 Å². The van der Waals surface area contributed by atoms with E-state index < -0.39 is 5.60 Å². The summed E-state index contributed by atoms with van der Waals surface area (Å²) in [6, 6.07) is 6.08. The molecule has 0 unspecified atom stereocenters. The average molecular weight is 248 g/mol. The lowest BCUT2D eigenvalue weighted by molar-refractivity contribution is 0.0450. The van der Waals surface area contributed by atoms with E-state index in [-0.39, 0.29) is 0 Å². The Morgan fingerprint density at radius 1 is 1.39 bits per heavy atom. The highest BCUT2D eigenvalue weighted by molar-refractivity contribution is 5.72. The van der Waals surface area contributed by atoms with Gasteiger partial charge in [0.25, 0.3) is 0 Å². The fourth-order valence-electron chi connectivity index (χ4n) is 2.11. The van der Waals surface area contributed by atoms with Crippen LogP contribution in [-0.4, -0.2) is 40.7 Å². The first-order chi connectivity index (χ1) is 8.44. The molecule has 0 saturated heterocycles. The van der Waals surface area contributed by atoms with E-state index in [0.29, 0.717) is 6.54 Å². The zero-order chi connectivity index (χ0) is 13.2. The van der Waals surface area contributed by atoms with E-state index in [0.717, 1.165) is 24.1 Å². The Labute approximate surface area is 107 Å². The van der Waals surface area contributed by atoms with Gasteiger partial charge in [0.1, 0.15) is 5.52 Å². The topological polar surface area (TPSA) is 49.5 Å². The summed E-state index contributed by atoms with van der Waals surface area (Å²) < 4.78 is 5.28. The van der Waals surface area contributed by atoms with Crippen molar-refractivity contribution in [3.63, 3.8) is 0 Å². The van der Waals surface area contributed by atoms with E-state index >= 15 is 0 Å². The summed E-state index contributed by atoms with van der Waals surface area (Å²) in [5, 5.41) is 9.73. The second-order valence-corrected chi connectivity index (χ2v) is 5.45. The largest absolute Gasteiger partial charge is 0.443 e. The molecule has 0 spiro atoms. The number of rotatable bonds is 5. The molecule has 4 heteroatoms. The number of hydrogen-bond donors (Lipinski definition) is 1. The first-order valence-electron chi connectivity index (χ1n) is 6.17. The summed E-state index contributed by atoms with van der Waals surface area (Å²) in [6.07, 6.45) is 2.40. The minimum atomic E-state index is -0.649. The van der Waals surface area contributed by atoms with Crippen molar-refractivity contribution in [2.75, 3.05) is 20.1 Å². The van der Waals surface area contributed by atoms with Crippen LogP contribution in [0.25, 0.3) is 11.1 Å². The first-order valence-corrected chi connectivity index (χ1v) is 6.17.